The Morgan fingerprint density at radius 3 is 2.53 bits per heavy atom. The fourth-order valence-electron chi connectivity index (χ4n) is 1.16. The molecule has 15 heavy (non-hydrogen) atoms. The minimum Gasteiger partial charge on any atom is -0.443 e. The van der Waals surface area contributed by atoms with Crippen molar-refractivity contribution < 1.29 is 13.7 Å². The molecule has 0 aromatic carbocycles. The van der Waals surface area contributed by atoms with Crippen molar-refractivity contribution in [1.82, 2.24) is 4.31 Å². The minimum absolute atomic E-state index is 0.217. The second-order valence-electron chi connectivity index (χ2n) is 5.23. The lowest BCUT2D eigenvalue weighted by atomic mass is 10.0. The third-order valence-corrected chi connectivity index (χ3v) is 3.10. The molecule has 88 valence electrons. The first-order chi connectivity index (χ1) is 6.72. The summed E-state index contributed by atoms with van der Waals surface area (Å²) in [5.41, 5.74) is -0.684. The van der Waals surface area contributed by atoms with Gasteiger partial charge in [-0.3, -0.25) is 4.18 Å². The van der Waals surface area contributed by atoms with Gasteiger partial charge in [-0.25, -0.2) is 9.10 Å². The largest absolute Gasteiger partial charge is 0.443 e. The van der Waals surface area contributed by atoms with Crippen LogP contribution in [0.15, 0.2) is 0 Å². The van der Waals surface area contributed by atoms with Gasteiger partial charge >= 0.3 is 6.09 Å². The van der Waals surface area contributed by atoms with E-state index in [-0.39, 0.29) is 11.6 Å². The van der Waals surface area contributed by atoms with Gasteiger partial charge in [0.25, 0.3) is 0 Å². The molecule has 0 radical (unpaired) electrons. The third-order valence-electron chi connectivity index (χ3n) is 2.03. The van der Waals surface area contributed by atoms with Crippen LogP contribution in [0.2, 0.25) is 0 Å². The van der Waals surface area contributed by atoms with Crippen molar-refractivity contribution in [2.45, 2.75) is 52.2 Å². The maximum atomic E-state index is 11.8. The van der Waals surface area contributed by atoms with Crippen LogP contribution >= 0.6 is 12.2 Å². The Bertz CT molecular complexity index is 248. The molecule has 1 fully saturated rings. The molecule has 0 atom stereocenters. The van der Waals surface area contributed by atoms with Crippen LogP contribution in [0.1, 0.15) is 41.0 Å². The molecule has 0 unspecified atom stereocenters. The Morgan fingerprint density at radius 1 is 1.47 bits per heavy atom. The number of nitrogens with zero attached hydrogens (tertiary/aromatic N) is 1. The Hall–Kier alpha value is -0.420. The maximum Gasteiger partial charge on any atom is 0.422 e. The van der Waals surface area contributed by atoms with Crippen molar-refractivity contribution in [3.05, 3.63) is 0 Å². The van der Waals surface area contributed by atoms with E-state index in [1.165, 1.54) is 0 Å². The molecule has 0 saturated carbocycles. The molecule has 4 nitrogen and oxygen atoms in total. The number of ether oxygens (including phenoxy) is 1. The predicted molar refractivity (Wildman–Crippen MR) is 60.3 cm³/mol. The zero-order chi connectivity index (χ0) is 11.7. The van der Waals surface area contributed by atoms with Gasteiger partial charge in [0, 0.05) is 0 Å². The smallest absolute Gasteiger partial charge is 0.422 e. The van der Waals surface area contributed by atoms with Crippen LogP contribution in [0, 0.1) is 0 Å². The fraction of sp³-hybridized carbons (Fsp3) is 0.900. The van der Waals surface area contributed by atoms with E-state index in [4.69, 9.17) is 8.92 Å². The van der Waals surface area contributed by atoms with E-state index in [2.05, 4.69) is 0 Å². The van der Waals surface area contributed by atoms with Gasteiger partial charge in [0.05, 0.1) is 12.1 Å². The monoisotopic (exact) mass is 233 g/mol. The maximum absolute atomic E-state index is 11.8. The summed E-state index contributed by atoms with van der Waals surface area (Å²) in [5.74, 6) is 0. The first kappa shape index (κ1) is 12.6. The molecule has 0 aromatic heterocycles. The van der Waals surface area contributed by atoms with Crippen LogP contribution in [-0.2, 0) is 8.92 Å². The molecule has 1 amide bonds. The van der Waals surface area contributed by atoms with Gasteiger partial charge in [-0.2, -0.15) is 0 Å². The lowest BCUT2D eigenvalue weighted by Gasteiger charge is -2.40. The van der Waals surface area contributed by atoms with Gasteiger partial charge in [-0.15, -0.1) is 0 Å². The number of rotatable bonds is 0. The van der Waals surface area contributed by atoms with E-state index >= 15 is 0 Å². The van der Waals surface area contributed by atoms with Gasteiger partial charge in [-0.05, 0) is 41.0 Å². The standard InChI is InChI=1S/C10H19NO3S/c1-9(2,3)14-8(12)11-10(4,5)6-7-13-15-11/h6-7H2,1-5H3. The van der Waals surface area contributed by atoms with Crippen molar-refractivity contribution >= 4 is 18.3 Å². The molecule has 0 aliphatic carbocycles. The molecular weight excluding hydrogens is 214 g/mol. The molecule has 1 saturated heterocycles. The molecule has 1 rings (SSSR count). The summed E-state index contributed by atoms with van der Waals surface area (Å²) in [6.07, 6.45) is 0.483. The topological polar surface area (TPSA) is 38.8 Å². The van der Waals surface area contributed by atoms with Crippen LogP contribution in [-0.4, -0.2) is 28.1 Å². The summed E-state index contributed by atoms with van der Waals surface area (Å²) >= 11 is 1.08. The summed E-state index contributed by atoms with van der Waals surface area (Å²) in [6.45, 7) is 10.2. The van der Waals surface area contributed by atoms with Gasteiger partial charge in [0.1, 0.15) is 17.8 Å². The van der Waals surface area contributed by atoms with Crippen molar-refractivity contribution in [1.29, 1.82) is 0 Å². The second-order valence-corrected chi connectivity index (χ2v) is 5.98. The highest BCUT2D eigenvalue weighted by Gasteiger charge is 2.38. The number of amides is 1. The Labute approximate surface area is 95.6 Å². The van der Waals surface area contributed by atoms with E-state index in [1.54, 1.807) is 4.31 Å². The molecule has 0 bridgehead atoms. The van der Waals surface area contributed by atoms with Crippen LogP contribution in [0.4, 0.5) is 4.79 Å². The van der Waals surface area contributed by atoms with Crippen molar-refractivity contribution in [2.24, 2.45) is 0 Å². The Kier molecular flexibility index (Phi) is 3.55. The van der Waals surface area contributed by atoms with Gasteiger partial charge in [0.2, 0.25) is 0 Å². The lowest BCUT2D eigenvalue weighted by Crippen LogP contribution is -2.48. The SMILES string of the molecule is CC(C)(C)OC(=O)N1SOCCC1(C)C. The third kappa shape index (κ3) is 3.57. The molecule has 0 aromatic rings. The van der Waals surface area contributed by atoms with E-state index in [9.17, 15) is 4.79 Å². The van der Waals surface area contributed by atoms with Gasteiger partial charge in [0.15, 0.2) is 0 Å². The number of hydrogen-bond donors (Lipinski definition) is 0. The molecule has 1 heterocycles. The predicted octanol–water partition coefficient (Wildman–Crippen LogP) is 2.99. The van der Waals surface area contributed by atoms with Crippen molar-refractivity contribution in [3.63, 3.8) is 0 Å². The summed E-state index contributed by atoms with van der Waals surface area (Å²) < 4.78 is 12.1. The van der Waals surface area contributed by atoms with Crippen LogP contribution < -0.4 is 0 Å². The van der Waals surface area contributed by atoms with Crippen molar-refractivity contribution in [3.8, 4) is 0 Å². The zero-order valence-corrected chi connectivity index (χ0v) is 10.8. The van der Waals surface area contributed by atoms with Gasteiger partial charge < -0.3 is 4.74 Å². The van der Waals surface area contributed by atoms with E-state index in [0.29, 0.717) is 6.61 Å². The van der Waals surface area contributed by atoms with Gasteiger partial charge in [-0.1, -0.05) is 0 Å². The quantitative estimate of drug-likeness (QED) is 0.476. The highest BCUT2D eigenvalue weighted by Crippen LogP contribution is 2.34. The summed E-state index contributed by atoms with van der Waals surface area (Å²) in [6, 6.07) is 0. The normalized spacial score (nSPS) is 21.3. The lowest BCUT2D eigenvalue weighted by molar-refractivity contribution is 0.0202. The van der Waals surface area contributed by atoms with Crippen LogP contribution in [0.25, 0.3) is 0 Å². The molecule has 1 aliphatic rings. The van der Waals surface area contributed by atoms with E-state index < -0.39 is 5.60 Å². The second kappa shape index (κ2) is 4.22. The Balaban J connectivity index is 2.65. The fourth-order valence-corrected chi connectivity index (χ4v) is 1.82. The minimum atomic E-state index is -0.467. The van der Waals surface area contributed by atoms with E-state index in [0.717, 1.165) is 18.6 Å². The van der Waals surface area contributed by atoms with E-state index in [1.807, 2.05) is 34.6 Å². The molecule has 0 spiro atoms. The zero-order valence-electron chi connectivity index (χ0n) is 9.99. The number of carbonyl (C=O) groups excluding carboxylic acids is 1. The first-order valence-electron chi connectivity index (χ1n) is 5.05. The molecular formula is C10H19NO3S. The number of carbonyl (C=O) groups is 1. The average molecular weight is 233 g/mol. The summed E-state index contributed by atoms with van der Waals surface area (Å²) in [4.78, 5) is 11.8. The highest BCUT2D eigenvalue weighted by atomic mass is 32.2. The highest BCUT2D eigenvalue weighted by molar-refractivity contribution is 7.92. The molecule has 1 aliphatic heterocycles. The average Bonchev–Trinajstić information content (AvgIpc) is 1.99. The molecule has 0 N–H and O–H groups in total. The van der Waals surface area contributed by atoms with Crippen LogP contribution in [0.5, 0.6) is 0 Å². The Morgan fingerprint density at radius 2 is 2.07 bits per heavy atom. The summed E-state index contributed by atoms with van der Waals surface area (Å²) in [7, 11) is 0. The molecule has 5 heteroatoms. The van der Waals surface area contributed by atoms with Crippen LogP contribution in [0.3, 0.4) is 0 Å². The van der Waals surface area contributed by atoms with Crippen molar-refractivity contribution in [2.75, 3.05) is 6.61 Å². The summed E-state index contributed by atoms with van der Waals surface area (Å²) in [5, 5.41) is 0. The first-order valence-corrected chi connectivity index (χ1v) is 5.75. The number of hydrogen-bond acceptors (Lipinski definition) is 4.